The number of aliphatic hydroxyl groups is 2. The number of fused-ring (bicyclic) bond motifs is 1. The molecule has 2 heterocycles. The van der Waals surface area contributed by atoms with Crippen LogP contribution < -0.4 is 26.2 Å². The van der Waals surface area contributed by atoms with Gasteiger partial charge in [-0.05, 0) is 48.6 Å². The number of hydrazine groups is 1. The Morgan fingerprint density at radius 3 is 2.31 bits per heavy atom. The number of amides is 2. The third kappa shape index (κ3) is 8.21. The lowest BCUT2D eigenvalue weighted by molar-refractivity contribution is -0.248. The average Bonchev–Trinajstić information content (AvgIpc) is 3.35. The normalized spacial score (nSPS) is 20.9. The number of hydrogen-bond donors (Lipinski definition) is 6. The molecule has 3 aromatic rings. The lowest BCUT2D eigenvalue weighted by Crippen LogP contribution is -2.66. The predicted molar refractivity (Wildman–Crippen MR) is 161 cm³/mol. The quantitative estimate of drug-likeness (QED) is 0.101. The van der Waals surface area contributed by atoms with Crippen LogP contribution in [-0.2, 0) is 35.1 Å². The highest BCUT2D eigenvalue weighted by atomic mass is 32.1. The number of nitrogens with zero attached hydrogens (tertiary/aromatic N) is 2. The van der Waals surface area contributed by atoms with Crippen molar-refractivity contribution in [3.05, 3.63) is 54.1 Å². The number of thiocarbonyl (C=S) groups is 1. The summed E-state index contributed by atoms with van der Waals surface area (Å²) >= 11 is 5.26. The minimum Gasteiger partial charge on any atom is -0.497 e. The van der Waals surface area contributed by atoms with E-state index in [9.17, 15) is 29.4 Å². The summed E-state index contributed by atoms with van der Waals surface area (Å²) in [5, 5.41) is 25.4. The van der Waals surface area contributed by atoms with Crippen molar-refractivity contribution in [1.82, 2.24) is 25.7 Å². The number of rotatable bonds is 9. The van der Waals surface area contributed by atoms with Gasteiger partial charge in [-0.25, -0.2) is 4.98 Å². The van der Waals surface area contributed by atoms with E-state index in [-0.39, 0.29) is 17.6 Å². The summed E-state index contributed by atoms with van der Waals surface area (Å²) < 4.78 is 22.6. The van der Waals surface area contributed by atoms with Gasteiger partial charge in [0.2, 0.25) is 5.95 Å². The lowest BCUT2D eigenvalue weighted by atomic mass is 9.97. The monoisotopic (exact) mass is 644 g/mol. The molecule has 0 radical (unpaired) electrons. The van der Waals surface area contributed by atoms with Crippen LogP contribution in [0.3, 0.4) is 0 Å². The van der Waals surface area contributed by atoms with Crippen LogP contribution in [0.25, 0.3) is 11.0 Å². The Morgan fingerprint density at radius 2 is 1.67 bits per heavy atom. The van der Waals surface area contributed by atoms with Crippen molar-refractivity contribution in [3.8, 4) is 5.75 Å². The molecule has 0 bridgehead atoms. The van der Waals surface area contributed by atoms with Gasteiger partial charge in [-0.15, -0.1) is 0 Å². The maximum atomic E-state index is 13.0. The first kappa shape index (κ1) is 33.1. The summed E-state index contributed by atoms with van der Waals surface area (Å²) in [4.78, 5) is 53.8. The molecule has 6 N–H and O–H groups in total. The number of imidazole rings is 1. The number of esters is 2. The highest BCUT2D eigenvalue weighted by molar-refractivity contribution is 7.80. The second-order valence-electron chi connectivity index (χ2n) is 9.76. The fourth-order valence-electron chi connectivity index (χ4n) is 4.56. The van der Waals surface area contributed by atoms with Gasteiger partial charge in [0.1, 0.15) is 24.5 Å². The maximum absolute atomic E-state index is 13.0. The number of ether oxygens (including phenoxy) is 4. The number of aromatic nitrogens is 2. The second kappa shape index (κ2) is 14.8. The molecule has 0 spiro atoms. The Labute approximate surface area is 261 Å². The molecule has 0 aliphatic carbocycles. The van der Waals surface area contributed by atoms with Crippen LogP contribution in [0.2, 0.25) is 0 Å². The molecule has 0 saturated carbocycles. The minimum atomic E-state index is -1.52. The van der Waals surface area contributed by atoms with Gasteiger partial charge in [-0.2, -0.15) is 0 Å². The summed E-state index contributed by atoms with van der Waals surface area (Å²) in [5.74, 6) is -1.87. The second-order valence-corrected chi connectivity index (χ2v) is 10.2. The number of nitrogens with one attached hydrogen (secondary N) is 4. The van der Waals surface area contributed by atoms with Crippen molar-refractivity contribution in [2.24, 2.45) is 0 Å². The van der Waals surface area contributed by atoms with Crippen LogP contribution in [0.5, 0.6) is 5.75 Å². The first-order valence-corrected chi connectivity index (χ1v) is 14.0. The Hall–Kier alpha value is -4.84. The van der Waals surface area contributed by atoms with Gasteiger partial charge in [0.05, 0.1) is 24.8 Å². The highest BCUT2D eigenvalue weighted by Gasteiger charge is 2.49. The molecule has 2 aromatic carbocycles. The van der Waals surface area contributed by atoms with E-state index < -0.39 is 61.0 Å². The van der Waals surface area contributed by atoms with Crippen molar-refractivity contribution >= 4 is 58.1 Å². The van der Waals surface area contributed by atoms with E-state index in [2.05, 4.69) is 26.5 Å². The molecule has 1 aromatic heterocycles. The Morgan fingerprint density at radius 1 is 1.00 bits per heavy atom. The molecule has 16 nitrogen and oxygen atoms in total. The van der Waals surface area contributed by atoms with Crippen LogP contribution >= 0.6 is 12.2 Å². The van der Waals surface area contributed by atoms with E-state index in [0.717, 1.165) is 13.8 Å². The van der Waals surface area contributed by atoms with Gasteiger partial charge < -0.3 is 39.0 Å². The number of para-hydroxylation sites is 2. The van der Waals surface area contributed by atoms with E-state index in [0.29, 0.717) is 22.3 Å². The fraction of sp³-hybridized carbons (Fsp3) is 0.357. The molecule has 1 fully saturated rings. The summed E-state index contributed by atoms with van der Waals surface area (Å²) in [6.45, 7) is 1.26. The highest BCUT2D eigenvalue weighted by Crippen LogP contribution is 2.25. The molecule has 4 rings (SSSR count). The molecule has 240 valence electrons. The number of benzene rings is 2. The summed E-state index contributed by atoms with van der Waals surface area (Å²) in [5.41, 5.74) is 6.37. The van der Waals surface area contributed by atoms with Gasteiger partial charge >= 0.3 is 11.9 Å². The number of carbonyl (C=O) groups is 4. The van der Waals surface area contributed by atoms with E-state index in [1.165, 1.54) is 11.7 Å². The van der Waals surface area contributed by atoms with Crippen molar-refractivity contribution in [2.45, 2.75) is 51.0 Å². The Kier molecular flexibility index (Phi) is 10.8. The number of hydrogen-bond acceptors (Lipinski definition) is 12. The van der Waals surface area contributed by atoms with Gasteiger partial charge in [-0.1, -0.05) is 12.1 Å². The predicted octanol–water partition coefficient (Wildman–Crippen LogP) is -0.266. The van der Waals surface area contributed by atoms with Crippen molar-refractivity contribution < 1.29 is 48.3 Å². The molecule has 45 heavy (non-hydrogen) atoms. The summed E-state index contributed by atoms with van der Waals surface area (Å²) in [6, 6.07) is 13.5. The van der Waals surface area contributed by atoms with E-state index in [1.807, 2.05) is 0 Å². The molecule has 1 aliphatic rings. The largest absolute Gasteiger partial charge is 0.497 e. The van der Waals surface area contributed by atoms with E-state index >= 15 is 0 Å². The molecule has 17 heteroatoms. The van der Waals surface area contributed by atoms with Gasteiger partial charge in [0, 0.05) is 19.4 Å². The topological polar surface area (TPSA) is 212 Å². The van der Waals surface area contributed by atoms with Gasteiger partial charge in [0.15, 0.2) is 23.5 Å². The molecule has 1 saturated heterocycles. The van der Waals surface area contributed by atoms with Gasteiger partial charge in [0.25, 0.3) is 11.8 Å². The van der Waals surface area contributed by atoms with Crippen molar-refractivity contribution in [2.75, 3.05) is 19.0 Å². The van der Waals surface area contributed by atoms with Gasteiger partial charge in [-0.3, -0.25) is 35.3 Å². The third-order valence-corrected chi connectivity index (χ3v) is 6.79. The Bertz CT molecular complexity index is 1560. The maximum Gasteiger partial charge on any atom is 0.303 e. The molecule has 5 atom stereocenters. The zero-order valence-electron chi connectivity index (χ0n) is 24.4. The summed E-state index contributed by atoms with van der Waals surface area (Å²) in [7, 11) is 1.52. The fourth-order valence-corrected chi connectivity index (χ4v) is 4.73. The van der Waals surface area contributed by atoms with Crippen molar-refractivity contribution in [1.29, 1.82) is 0 Å². The smallest absolute Gasteiger partial charge is 0.303 e. The number of carbonyl (C=O) groups excluding carboxylic acids is 4. The average molecular weight is 645 g/mol. The molecule has 1 aliphatic heterocycles. The Balaban J connectivity index is 1.44. The van der Waals surface area contributed by atoms with E-state index in [1.54, 1.807) is 48.5 Å². The van der Waals surface area contributed by atoms with Crippen LogP contribution in [0.15, 0.2) is 48.5 Å². The number of methoxy groups -OCH3 is 1. The molecular weight excluding hydrogens is 612 g/mol. The van der Waals surface area contributed by atoms with Crippen LogP contribution in [0.1, 0.15) is 24.2 Å². The summed E-state index contributed by atoms with van der Waals surface area (Å²) in [6.07, 6.45) is -6.81. The van der Waals surface area contributed by atoms with Crippen molar-refractivity contribution in [3.63, 3.8) is 0 Å². The lowest BCUT2D eigenvalue weighted by Gasteiger charge is -2.43. The van der Waals surface area contributed by atoms with Crippen LogP contribution in [-0.4, -0.2) is 93.0 Å². The molecular formula is C28H32N6O10S. The standard InChI is InChI=1S/C28H32N6O10S/c1-14(36)42-23-22(39)20(13-35)44-26(24(23)43-15(2)37)31-28(45)33-32-21(38)12-34-19-7-5-4-6-18(19)29-27(34)30-25(40)16-8-10-17(41-3)11-9-16/h4-11,20,22-24,26,35,39H,12-13H2,1-3H3,(H,32,38)(H,29,30,40)(H2,31,33,45)/t20-,22-,23+,24-,26-/m1/s1. The molecule has 0 unspecified atom stereocenters. The SMILES string of the molecule is COc1ccc(C(=O)Nc2nc3ccccc3n2CC(=O)NNC(=S)N[C@@H]2O[C@H](CO)[C@@H](O)[C@H](OC(C)=O)[C@H]2OC(C)=O)cc1. The number of aliphatic hydroxyl groups excluding tert-OH is 2. The minimum absolute atomic E-state index is 0.123. The zero-order chi connectivity index (χ0) is 32.7. The first-order valence-electron chi connectivity index (χ1n) is 13.6. The number of anilines is 1. The van der Waals surface area contributed by atoms with Crippen LogP contribution in [0.4, 0.5) is 5.95 Å². The first-order chi connectivity index (χ1) is 21.5. The van der Waals surface area contributed by atoms with Crippen LogP contribution in [0, 0.1) is 0 Å². The van der Waals surface area contributed by atoms with E-state index in [4.69, 9.17) is 31.2 Å². The molecule has 2 amide bonds. The zero-order valence-corrected chi connectivity index (χ0v) is 25.2. The third-order valence-electron chi connectivity index (χ3n) is 6.57.